The lowest BCUT2D eigenvalue weighted by atomic mass is 10.1. The first kappa shape index (κ1) is 14.8. The number of carboxylic acid groups (broad SMARTS) is 1. The smallest absolute Gasteiger partial charge is 0.305 e. The number of fused-ring (bicyclic) bond motifs is 1. The second-order valence-electron chi connectivity index (χ2n) is 5.21. The molecule has 3 rings (SSSR count). The van der Waals surface area contributed by atoms with Gasteiger partial charge in [0.1, 0.15) is 5.69 Å². The van der Waals surface area contributed by atoms with Gasteiger partial charge in [-0.25, -0.2) is 4.98 Å². The molecule has 1 unspecified atom stereocenters. The molecule has 1 saturated heterocycles. The highest BCUT2D eigenvalue weighted by Gasteiger charge is 2.30. The van der Waals surface area contributed by atoms with Gasteiger partial charge in [-0.15, -0.1) is 0 Å². The zero-order valence-corrected chi connectivity index (χ0v) is 12.8. The fraction of sp³-hybridized carbons (Fsp3) is 0.312. The SMILES string of the molecule is O=C(O)CC1CSCCN1C(=O)c1ccc2ccccc2n1. The molecule has 1 aliphatic heterocycles. The van der Waals surface area contributed by atoms with E-state index in [4.69, 9.17) is 5.11 Å². The number of thioether (sulfide) groups is 1. The summed E-state index contributed by atoms with van der Waals surface area (Å²) in [6.45, 7) is 0.565. The van der Waals surface area contributed by atoms with E-state index in [1.165, 1.54) is 0 Å². The molecule has 6 heteroatoms. The lowest BCUT2D eigenvalue weighted by Crippen LogP contribution is -2.47. The van der Waals surface area contributed by atoms with Gasteiger partial charge >= 0.3 is 5.97 Å². The number of hydrogen-bond acceptors (Lipinski definition) is 4. The van der Waals surface area contributed by atoms with E-state index in [0.717, 1.165) is 16.7 Å². The van der Waals surface area contributed by atoms with Crippen molar-refractivity contribution in [2.24, 2.45) is 0 Å². The van der Waals surface area contributed by atoms with E-state index < -0.39 is 5.97 Å². The number of carbonyl (C=O) groups excluding carboxylic acids is 1. The molecule has 0 aliphatic carbocycles. The van der Waals surface area contributed by atoms with E-state index in [2.05, 4.69) is 4.98 Å². The lowest BCUT2D eigenvalue weighted by molar-refractivity contribution is -0.138. The van der Waals surface area contributed by atoms with E-state index in [-0.39, 0.29) is 18.4 Å². The van der Waals surface area contributed by atoms with Gasteiger partial charge in [-0.3, -0.25) is 9.59 Å². The first-order valence-electron chi connectivity index (χ1n) is 7.11. The lowest BCUT2D eigenvalue weighted by Gasteiger charge is -2.34. The summed E-state index contributed by atoms with van der Waals surface area (Å²) in [5.41, 5.74) is 1.15. The number of rotatable bonds is 3. The number of aliphatic carboxylic acids is 1. The largest absolute Gasteiger partial charge is 0.481 e. The molecule has 1 aliphatic rings. The van der Waals surface area contributed by atoms with Gasteiger partial charge in [-0.2, -0.15) is 11.8 Å². The molecule has 1 fully saturated rings. The second-order valence-corrected chi connectivity index (χ2v) is 6.36. The average molecular weight is 316 g/mol. The molecular weight excluding hydrogens is 300 g/mol. The minimum absolute atomic E-state index is 0.0215. The summed E-state index contributed by atoms with van der Waals surface area (Å²) in [6, 6.07) is 10.9. The van der Waals surface area contributed by atoms with Gasteiger partial charge in [0.15, 0.2) is 0 Å². The molecule has 2 heterocycles. The number of para-hydroxylation sites is 1. The summed E-state index contributed by atoms with van der Waals surface area (Å²) in [6.07, 6.45) is -0.0215. The molecule has 1 amide bonds. The number of nitrogens with zero attached hydrogens (tertiary/aromatic N) is 2. The summed E-state index contributed by atoms with van der Waals surface area (Å²) < 4.78 is 0. The van der Waals surface area contributed by atoms with Crippen molar-refractivity contribution in [3.8, 4) is 0 Å². The van der Waals surface area contributed by atoms with E-state index >= 15 is 0 Å². The predicted molar refractivity (Wildman–Crippen MR) is 86.1 cm³/mol. The zero-order chi connectivity index (χ0) is 15.5. The van der Waals surface area contributed by atoms with E-state index in [9.17, 15) is 9.59 Å². The summed E-state index contributed by atoms with van der Waals surface area (Å²) in [4.78, 5) is 29.8. The Kier molecular flexibility index (Phi) is 4.29. The maximum Gasteiger partial charge on any atom is 0.305 e. The topological polar surface area (TPSA) is 70.5 Å². The van der Waals surface area contributed by atoms with Crippen LogP contribution in [0.5, 0.6) is 0 Å². The van der Waals surface area contributed by atoms with Crippen LogP contribution in [0.3, 0.4) is 0 Å². The number of carbonyl (C=O) groups is 2. The van der Waals surface area contributed by atoms with Gasteiger partial charge in [0.05, 0.1) is 18.0 Å². The molecule has 1 aromatic carbocycles. The van der Waals surface area contributed by atoms with Crippen molar-refractivity contribution in [1.82, 2.24) is 9.88 Å². The highest BCUT2D eigenvalue weighted by atomic mass is 32.2. The Hall–Kier alpha value is -2.08. The van der Waals surface area contributed by atoms with Crippen molar-refractivity contribution in [2.75, 3.05) is 18.1 Å². The number of pyridine rings is 1. The third-order valence-corrected chi connectivity index (χ3v) is 4.81. The van der Waals surface area contributed by atoms with Crippen LogP contribution in [0.4, 0.5) is 0 Å². The highest BCUT2D eigenvalue weighted by molar-refractivity contribution is 7.99. The Morgan fingerprint density at radius 3 is 2.91 bits per heavy atom. The van der Waals surface area contributed by atoms with Crippen molar-refractivity contribution in [2.45, 2.75) is 12.5 Å². The molecule has 5 nitrogen and oxygen atoms in total. The van der Waals surface area contributed by atoms with Crippen molar-refractivity contribution in [1.29, 1.82) is 0 Å². The molecule has 2 aromatic rings. The van der Waals surface area contributed by atoms with Crippen LogP contribution in [0.2, 0.25) is 0 Å². The summed E-state index contributed by atoms with van der Waals surface area (Å²) in [5.74, 6) is 0.426. The first-order chi connectivity index (χ1) is 10.6. The van der Waals surface area contributed by atoms with Crippen molar-refractivity contribution in [3.63, 3.8) is 0 Å². The minimum Gasteiger partial charge on any atom is -0.481 e. The molecular formula is C16H16N2O3S. The van der Waals surface area contributed by atoms with E-state index in [1.54, 1.807) is 22.7 Å². The molecule has 22 heavy (non-hydrogen) atoms. The van der Waals surface area contributed by atoms with Crippen molar-refractivity contribution < 1.29 is 14.7 Å². The second kappa shape index (κ2) is 6.36. The Morgan fingerprint density at radius 2 is 2.09 bits per heavy atom. The molecule has 0 saturated carbocycles. The van der Waals surface area contributed by atoms with Crippen LogP contribution < -0.4 is 0 Å². The molecule has 114 valence electrons. The number of hydrogen-bond donors (Lipinski definition) is 1. The van der Waals surface area contributed by atoms with Gasteiger partial charge in [0, 0.05) is 23.4 Å². The molecule has 0 radical (unpaired) electrons. The fourth-order valence-electron chi connectivity index (χ4n) is 2.63. The predicted octanol–water partition coefficient (Wildman–Crippen LogP) is 2.27. The summed E-state index contributed by atoms with van der Waals surface area (Å²) in [5, 5.41) is 10.00. The maximum absolute atomic E-state index is 12.7. The molecule has 0 spiro atoms. The van der Waals surface area contributed by atoms with Crippen LogP contribution in [0.15, 0.2) is 36.4 Å². The number of benzene rings is 1. The number of carboxylic acids is 1. The maximum atomic E-state index is 12.7. The normalized spacial score (nSPS) is 18.4. The number of amides is 1. The van der Waals surface area contributed by atoms with E-state index in [0.29, 0.717) is 18.0 Å². The summed E-state index contributed by atoms with van der Waals surface area (Å²) >= 11 is 1.69. The van der Waals surface area contributed by atoms with Gasteiger partial charge in [-0.1, -0.05) is 24.3 Å². The third-order valence-electron chi connectivity index (χ3n) is 3.72. The van der Waals surface area contributed by atoms with Gasteiger partial charge in [0.25, 0.3) is 5.91 Å². The highest BCUT2D eigenvalue weighted by Crippen LogP contribution is 2.22. The Balaban J connectivity index is 1.87. The van der Waals surface area contributed by atoms with Crippen LogP contribution >= 0.6 is 11.8 Å². The standard InChI is InChI=1S/C16H16N2O3S/c19-15(20)9-12-10-22-8-7-18(12)16(21)14-6-5-11-3-1-2-4-13(11)17-14/h1-6,12H,7-10H2,(H,19,20). The van der Waals surface area contributed by atoms with Crippen LogP contribution in [-0.4, -0.2) is 51.0 Å². The zero-order valence-electron chi connectivity index (χ0n) is 11.9. The van der Waals surface area contributed by atoms with Crippen LogP contribution in [0.1, 0.15) is 16.9 Å². The first-order valence-corrected chi connectivity index (χ1v) is 8.27. The molecule has 1 atom stereocenters. The summed E-state index contributed by atoms with van der Waals surface area (Å²) in [7, 11) is 0. The van der Waals surface area contributed by atoms with Crippen molar-refractivity contribution in [3.05, 3.63) is 42.1 Å². The molecule has 1 aromatic heterocycles. The van der Waals surface area contributed by atoms with Crippen LogP contribution in [0.25, 0.3) is 10.9 Å². The van der Waals surface area contributed by atoms with Crippen LogP contribution in [0, 0.1) is 0 Å². The van der Waals surface area contributed by atoms with Gasteiger partial charge in [0.2, 0.25) is 0 Å². The fourth-order valence-corrected chi connectivity index (χ4v) is 3.69. The quantitative estimate of drug-likeness (QED) is 0.940. The Labute approximate surface area is 132 Å². The number of aromatic nitrogens is 1. The van der Waals surface area contributed by atoms with Gasteiger partial charge in [-0.05, 0) is 12.1 Å². The molecule has 0 bridgehead atoms. The minimum atomic E-state index is -0.878. The molecule has 1 N–H and O–H groups in total. The van der Waals surface area contributed by atoms with E-state index in [1.807, 2.05) is 30.3 Å². The van der Waals surface area contributed by atoms with Crippen molar-refractivity contribution >= 4 is 34.5 Å². The Bertz CT molecular complexity index is 719. The third kappa shape index (κ3) is 3.06. The Morgan fingerprint density at radius 1 is 1.27 bits per heavy atom. The van der Waals surface area contributed by atoms with Gasteiger partial charge < -0.3 is 10.0 Å². The average Bonchev–Trinajstić information content (AvgIpc) is 2.54. The van der Waals surface area contributed by atoms with Crippen LogP contribution in [-0.2, 0) is 4.79 Å². The monoisotopic (exact) mass is 316 g/mol.